The summed E-state index contributed by atoms with van der Waals surface area (Å²) in [6.07, 6.45) is 0.114. The van der Waals surface area contributed by atoms with Crippen LogP contribution in [0.5, 0.6) is 5.75 Å². The van der Waals surface area contributed by atoms with Gasteiger partial charge in [0.1, 0.15) is 11.6 Å². The highest BCUT2D eigenvalue weighted by Gasteiger charge is 2.09. The second kappa shape index (κ2) is 7.39. The molecule has 0 atom stereocenters. The summed E-state index contributed by atoms with van der Waals surface area (Å²) in [5.41, 5.74) is 5.09. The fraction of sp³-hybridized carbons (Fsp3) is 0.182. The number of rotatable bonds is 5. The molecule has 0 unspecified atom stereocenters. The molecule has 0 heterocycles. The Kier molecular flexibility index (Phi) is 5.03. The van der Waals surface area contributed by atoms with Gasteiger partial charge in [-0.1, -0.05) is 30.3 Å². The zero-order valence-corrected chi connectivity index (χ0v) is 14.7. The van der Waals surface area contributed by atoms with Crippen LogP contribution in [-0.2, 0) is 0 Å². The van der Waals surface area contributed by atoms with E-state index in [0.717, 1.165) is 33.8 Å². The summed E-state index contributed by atoms with van der Waals surface area (Å²) in [6, 6.07) is 20.7. The molecule has 0 radical (unpaired) electrons. The summed E-state index contributed by atoms with van der Waals surface area (Å²) in [5.74, 6) is 0.630. The average molecular weight is 335 g/mol. The van der Waals surface area contributed by atoms with Crippen molar-refractivity contribution in [3.63, 3.8) is 0 Å². The third-order valence-electron chi connectivity index (χ3n) is 3.92. The Hall–Kier alpha value is -2.81. The van der Waals surface area contributed by atoms with Gasteiger partial charge in [-0.15, -0.1) is 0 Å². The van der Waals surface area contributed by atoms with Gasteiger partial charge >= 0.3 is 0 Å². The molecule has 0 aliphatic rings. The maximum absolute atomic E-state index is 13.1. The third kappa shape index (κ3) is 4.18. The number of aryl methyl sites for hydroxylation is 1. The SMILES string of the molecule is Cc1ccc(-c2ccccc2OC(C)C)cc1Nc1ccc(F)cc1. The van der Waals surface area contributed by atoms with Crippen molar-refractivity contribution in [2.45, 2.75) is 26.9 Å². The molecule has 25 heavy (non-hydrogen) atoms. The molecule has 0 saturated heterocycles. The summed E-state index contributed by atoms with van der Waals surface area (Å²) in [4.78, 5) is 0. The fourth-order valence-electron chi connectivity index (χ4n) is 2.67. The minimum Gasteiger partial charge on any atom is -0.490 e. The van der Waals surface area contributed by atoms with Crippen LogP contribution in [0.1, 0.15) is 19.4 Å². The van der Waals surface area contributed by atoms with Gasteiger partial charge in [0, 0.05) is 16.9 Å². The van der Waals surface area contributed by atoms with E-state index in [4.69, 9.17) is 4.74 Å². The third-order valence-corrected chi connectivity index (χ3v) is 3.92. The van der Waals surface area contributed by atoms with E-state index in [1.54, 1.807) is 12.1 Å². The highest BCUT2D eigenvalue weighted by atomic mass is 19.1. The van der Waals surface area contributed by atoms with Crippen LogP contribution in [0.2, 0.25) is 0 Å². The quantitative estimate of drug-likeness (QED) is 0.588. The second-order valence-electron chi connectivity index (χ2n) is 6.32. The van der Waals surface area contributed by atoms with E-state index in [1.165, 1.54) is 12.1 Å². The molecule has 3 heteroatoms. The van der Waals surface area contributed by atoms with Gasteiger partial charge in [-0.3, -0.25) is 0 Å². The first kappa shape index (κ1) is 17.0. The molecule has 0 spiro atoms. The van der Waals surface area contributed by atoms with E-state index in [2.05, 4.69) is 29.6 Å². The van der Waals surface area contributed by atoms with Crippen molar-refractivity contribution < 1.29 is 9.13 Å². The zero-order chi connectivity index (χ0) is 17.8. The van der Waals surface area contributed by atoms with Crippen molar-refractivity contribution in [1.29, 1.82) is 0 Å². The van der Waals surface area contributed by atoms with Crippen molar-refractivity contribution in [3.8, 4) is 16.9 Å². The average Bonchev–Trinajstić information content (AvgIpc) is 2.59. The molecule has 128 valence electrons. The number of hydrogen-bond donors (Lipinski definition) is 1. The van der Waals surface area contributed by atoms with E-state index in [0.29, 0.717) is 0 Å². The van der Waals surface area contributed by atoms with Crippen molar-refractivity contribution >= 4 is 11.4 Å². The number of ether oxygens (including phenoxy) is 1. The predicted octanol–water partition coefficient (Wildman–Crippen LogP) is 6.33. The smallest absolute Gasteiger partial charge is 0.127 e. The van der Waals surface area contributed by atoms with Gasteiger partial charge in [0.2, 0.25) is 0 Å². The largest absolute Gasteiger partial charge is 0.490 e. The van der Waals surface area contributed by atoms with Gasteiger partial charge in [-0.25, -0.2) is 4.39 Å². The van der Waals surface area contributed by atoms with Gasteiger partial charge < -0.3 is 10.1 Å². The van der Waals surface area contributed by atoms with E-state index >= 15 is 0 Å². The minimum absolute atomic E-state index is 0.114. The Bertz CT molecular complexity index is 856. The molecule has 0 aliphatic heterocycles. The molecule has 0 bridgehead atoms. The number of nitrogens with one attached hydrogen (secondary N) is 1. The van der Waals surface area contributed by atoms with Crippen molar-refractivity contribution in [2.24, 2.45) is 0 Å². The maximum Gasteiger partial charge on any atom is 0.127 e. The van der Waals surface area contributed by atoms with E-state index in [9.17, 15) is 4.39 Å². The molecule has 0 aliphatic carbocycles. The lowest BCUT2D eigenvalue weighted by Crippen LogP contribution is -2.06. The molecular formula is C22H22FNO. The molecule has 3 aromatic carbocycles. The van der Waals surface area contributed by atoms with E-state index < -0.39 is 0 Å². The number of halogens is 1. The van der Waals surface area contributed by atoms with Crippen LogP contribution in [-0.4, -0.2) is 6.10 Å². The Morgan fingerprint density at radius 3 is 2.36 bits per heavy atom. The monoisotopic (exact) mass is 335 g/mol. The maximum atomic E-state index is 13.1. The lowest BCUT2D eigenvalue weighted by atomic mass is 10.0. The fourth-order valence-corrected chi connectivity index (χ4v) is 2.67. The number of para-hydroxylation sites is 1. The summed E-state index contributed by atoms with van der Waals surface area (Å²) in [7, 11) is 0. The molecule has 0 amide bonds. The van der Waals surface area contributed by atoms with Gasteiger partial charge in [0.15, 0.2) is 0 Å². The highest BCUT2D eigenvalue weighted by Crippen LogP contribution is 2.34. The second-order valence-corrected chi connectivity index (χ2v) is 6.32. The molecule has 0 fully saturated rings. The van der Waals surface area contributed by atoms with Crippen LogP contribution < -0.4 is 10.1 Å². The van der Waals surface area contributed by atoms with E-state index in [1.807, 2.05) is 39.0 Å². The van der Waals surface area contributed by atoms with Crippen LogP contribution in [0.15, 0.2) is 66.7 Å². The first-order valence-electron chi connectivity index (χ1n) is 8.42. The van der Waals surface area contributed by atoms with Crippen molar-refractivity contribution in [2.75, 3.05) is 5.32 Å². The predicted molar refractivity (Wildman–Crippen MR) is 102 cm³/mol. The van der Waals surface area contributed by atoms with E-state index in [-0.39, 0.29) is 11.9 Å². The van der Waals surface area contributed by atoms with Crippen LogP contribution in [0.3, 0.4) is 0 Å². The molecule has 3 aromatic rings. The molecule has 0 aromatic heterocycles. The lowest BCUT2D eigenvalue weighted by molar-refractivity contribution is 0.243. The number of anilines is 2. The first-order chi connectivity index (χ1) is 12.0. The zero-order valence-electron chi connectivity index (χ0n) is 14.7. The van der Waals surface area contributed by atoms with Crippen molar-refractivity contribution in [3.05, 3.63) is 78.1 Å². The topological polar surface area (TPSA) is 21.3 Å². The minimum atomic E-state index is -0.240. The van der Waals surface area contributed by atoms with Crippen LogP contribution in [0.25, 0.3) is 11.1 Å². The molecular weight excluding hydrogens is 313 g/mol. The normalized spacial score (nSPS) is 10.8. The number of hydrogen-bond acceptors (Lipinski definition) is 2. The Morgan fingerprint density at radius 1 is 0.920 bits per heavy atom. The highest BCUT2D eigenvalue weighted by molar-refractivity contribution is 5.76. The van der Waals surface area contributed by atoms with Crippen LogP contribution >= 0.6 is 0 Å². The van der Waals surface area contributed by atoms with Gasteiger partial charge in [0.05, 0.1) is 6.10 Å². The number of benzene rings is 3. The van der Waals surface area contributed by atoms with Gasteiger partial charge in [0.25, 0.3) is 0 Å². The Balaban J connectivity index is 1.95. The molecule has 2 nitrogen and oxygen atoms in total. The summed E-state index contributed by atoms with van der Waals surface area (Å²) < 4.78 is 19.0. The summed E-state index contributed by atoms with van der Waals surface area (Å²) in [6.45, 7) is 6.09. The summed E-state index contributed by atoms with van der Waals surface area (Å²) in [5, 5.41) is 3.36. The molecule has 0 saturated carbocycles. The standard InChI is InChI=1S/C22H22FNO/c1-15(2)25-22-7-5-4-6-20(22)17-9-8-16(3)21(14-17)24-19-12-10-18(23)11-13-19/h4-15,24H,1-3H3. The molecule has 3 rings (SSSR count). The molecule has 1 N–H and O–H groups in total. The van der Waals surface area contributed by atoms with Crippen molar-refractivity contribution in [1.82, 2.24) is 0 Å². The summed E-state index contributed by atoms with van der Waals surface area (Å²) >= 11 is 0. The first-order valence-corrected chi connectivity index (χ1v) is 8.42. The lowest BCUT2D eigenvalue weighted by Gasteiger charge is -2.16. The Morgan fingerprint density at radius 2 is 1.64 bits per heavy atom. The van der Waals surface area contributed by atoms with Gasteiger partial charge in [-0.2, -0.15) is 0 Å². The Labute approximate surface area is 148 Å². The van der Waals surface area contributed by atoms with Gasteiger partial charge in [-0.05, 0) is 68.3 Å². The van der Waals surface area contributed by atoms with Crippen LogP contribution in [0.4, 0.5) is 15.8 Å². The van der Waals surface area contributed by atoms with Crippen LogP contribution in [0, 0.1) is 12.7 Å².